The van der Waals surface area contributed by atoms with Gasteiger partial charge in [0.25, 0.3) is 0 Å². The monoisotopic (exact) mass is 311 g/mol. The van der Waals surface area contributed by atoms with Crippen molar-refractivity contribution in [3.63, 3.8) is 0 Å². The first-order valence-corrected chi connectivity index (χ1v) is 8.61. The highest BCUT2D eigenvalue weighted by molar-refractivity contribution is 5.73. The van der Waals surface area contributed by atoms with Gasteiger partial charge in [-0.1, -0.05) is 58.8 Å². The van der Waals surface area contributed by atoms with Crippen molar-refractivity contribution in [3.05, 3.63) is 18.7 Å². The maximum Gasteiger partial charge on any atom is 0.320 e. The Hall–Kier alpha value is -1.36. The van der Waals surface area contributed by atoms with Crippen molar-refractivity contribution in [3.8, 4) is 0 Å². The first-order chi connectivity index (χ1) is 10.7. The standard InChI is InChI=1S/C14H29NO2.C3H4N2/c1-3-5-7-8-9-10-11-13(14(16)17)15-12-6-4-2;1-2-5-3-4-1/h13,15H,3-12H2,1-2H3,(H,16,17);1-3H,(H,4,5). The van der Waals surface area contributed by atoms with Crippen molar-refractivity contribution in [1.29, 1.82) is 0 Å². The minimum absolute atomic E-state index is 0.340. The molecule has 1 unspecified atom stereocenters. The summed E-state index contributed by atoms with van der Waals surface area (Å²) in [5, 5.41) is 12.2. The van der Waals surface area contributed by atoms with Crippen LogP contribution in [0, 0.1) is 0 Å². The Balaban J connectivity index is 0.000000734. The molecule has 1 rings (SSSR count). The van der Waals surface area contributed by atoms with Gasteiger partial charge in [-0.25, -0.2) is 4.98 Å². The number of nitrogens with one attached hydrogen (secondary N) is 2. The summed E-state index contributed by atoms with van der Waals surface area (Å²) in [7, 11) is 0. The van der Waals surface area contributed by atoms with E-state index < -0.39 is 5.97 Å². The van der Waals surface area contributed by atoms with Gasteiger partial charge in [-0.05, 0) is 19.4 Å². The van der Waals surface area contributed by atoms with E-state index in [9.17, 15) is 4.79 Å². The van der Waals surface area contributed by atoms with Crippen molar-refractivity contribution in [1.82, 2.24) is 15.3 Å². The smallest absolute Gasteiger partial charge is 0.320 e. The second-order valence-electron chi connectivity index (χ2n) is 5.52. The molecule has 0 amide bonds. The largest absolute Gasteiger partial charge is 0.480 e. The van der Waals surface area contributed by atoms with Gasteiger partial charge in [0.2, 0.25) is 0 Å². The first-order valence-electron chi connectivity index (χ1n) is 8.61. The van der Waals surface area contributed by atoms with E-state index in [1.54, 1.807) is 18.7 Å². The fourth-order valence-electron chi connectivity index (χ4n) is 2.11. The summed E-state index contributed by atoms with van der Waals surface area (Å²) in [6, 6.07) is -0.340. The Morgan fingerprint density at radius 3 is 2.32 bits per heavy atom. The molecule has 5 heteroatoms. The molecule has 0 saturated carbocycles. The predicted octanol–water partition coefficient (Wildman–Crippen LogP) is 3.99. The van der Waals surface area contributed by atoms with Gasteiger partial charge in [-0.3, -0.25) is 4.79 Å². The van der Waals surface area contributed by atoms with Crippen LogP contribution < -0.4 is 5.32 Å². The molecule has 0 aliphatic rings. The molecule has 0 saturated heterocycles. The zero-order valence-corrected chi connectivity index (χ0v) is 14.2. The SMILES string of the molecule is CCCCCCCCC(NCCCC)C(=O)O.c1c[nH]cn1. The van der Waals surface area contributed by atoms with Gasteiger partial charge >= 0.3 is 5.97 Å². The summed E-state index contributed by atoms with van der Waals surface area (Å²) >= 11 is 0. The van der Waals surface area contributed by atoms with Crippen LogP contribution in [0.1, 0.15) is 71.6 Å². The molecule has 128 valence electrons. The number of aliphatic carboxylic acids is 1. The average molecular weight is 311 g/mol. The van der Waals surface area contributed by atoms with Gasteiger partial charge in [0.15, 0.2) is 0 Å². The van der Waals surface area contributed by atoms with E-state index in [0.717, 1.165) is 32.2 Å². The van der Waals surface area contributed by atoms with Crippen LogP contribution in [0.4, 0.5) is 0 Å². The molecule has 0 aliphatic carbocycles. The van der Waals surface area contributed by atoms with Crippen LogP contribution in [0.5, 0.6) is 0 Å². The van der Waals surface area contributed by atoms with E-state index >= 15 is 0 Å². The number of carbonyl (C=O) groups is 1. The molecule has 0 spiro atoms. The van der Waals surface area contributed by atoms with Crippen LogP contribution >= 0.6 is 0 Å². The molecule has 0 aliphatic heterocycles. The number of H-pyrrole nitrogens is 1. The van der Waals surface area contributed by atoms with E-state index in [2.05, 4.69) is 29.1 Å². The number of aromatic nitrogens is 2. The molecule has 1 atom stereocenters. The normalized spacial score (nSPS) is 11.5. The predicted molar refractivity (Wildman–Crippen MR) is 90.9 cm³/mol. The van der Waals surface area contributed by atoms with Crippen LogP contribution in [0.25, 0.3) is 0 Å². The lowest BCUT2D eigenvalue weighted by Gasteiger charge is -2.13. The Labute approximate surface area is 134 Å². The number of carboxylic acids is 1. The van der Waals surface area contributed by atoms with E-state index in [-0.39, 0.29) is 6.04 Å². The number of carboxylic acid groups (broad SMARTS) is 1. The number of hydrogen-bond donors (Lipinski definition) is 3. The Morgan fingerprint density at radius 1 is 1.14 bits per heavy atom. The summed E-state index contributed by atoms with van der Waals surface area (Å²) in [5.41, 5.74) is 0. The number of unbranched alkanes of at least 4 members (excludes halogenated alkanes) is 6. The quantitative estimate of drug-likeness (QED) is 0.510. The van der Waals surface area contributed by atoms with Crippen molar-refractivity contribution in [2.45, 2.75) is 77.7 Å². The third-order valence-corrected chi connectivity index (χ3v) is 3.47. The van der Waals surface area contributed by atoms with Crippen molar-refractivity contribution < 1.29 is 9.90 Å². The lowest BCUT2D eigenvalue weighted by Crippen LogP contribution is -2.37. The van der Waals surface area contributed by atoms with Gasteiger partial charge in [0, 0.05) is 12.4 Å². The zero-order chi connectivity index (χ0) is 16.5. The highest BCUT2D eigenvalue weighted by Gasteiger charge is 2.15. The number of nitrogens with zero attached hydrogens (tertiary/aromatic N) is 1. The van der Waals surface area contributed by atoms with Gasteiger partial charge in [-0.15, -0.1) is 0 Å². The number of hydrogen-bond acceptors (Lipinski definition) is 3. The lowest BCUT2D eigenvalue weighted by molar-refractivity contribution is -0.139. The molecule has 1 heterocycles. The highest BCUT2D eigenvalue weighted by atomic mass is 16.4. The summed E-state index contributed by atoms with van der Waals surface area (Å²) in [6.45, 7) is 5.15. The molecular formula is C17H33N3O2. The molecule has 3 N–H and O–H groups in total. The Morgan fingerprint density at radius 2 is 1.82 bits per heavy atom. The fourth-order valence-corrected chi connectivity index (χ4v) is 2.11. The summed E-state index contributed by atoms with van der Waals surface area (Å²) < 4.78 is 0. The minimum atomic E-state index is -0.699. The maximum atomic E-state index is 11.0. The van der Waals surface area contributed by atoms with Gasteiger partial charge in [0.05, 0.1) is 6.33 Å². The zero-order valence-electron chi connectivity index (χ0n) is 14.2. The topological polar surface area (TPSA) is 78.0 Å². The number of rotatable bonds is 12. The van der Waals surface area contributed by atoms with Crippen LogP contribution in [-0.4, -0.2) is 33.6 Å². The van der Waals surface area contributed by atoms with Crippen LogP contribution in [0.15, 0.2) is 18.7 Å². The fraction of sp³-hybridized carbons (Fsp3) is 0.765. The maximum absolute atomic E-state index is 11.0. The molecule has 0 fully saturated rings. The van der Waals surface area contributed by atoms with E-state index in [1.807, 2.05) is 0 Å². The van der Waals surface area contributed by atoms with Crippen molar-refractivity contribution in [2.24, 2.45) is 0 Å². The van der Waals surface area contributed by atoms with Gasteiger partial charge in [-0.2, -0.15) is 0 Å². The average Bonchev–Trinajstić information content (AvgIpc) is 3.08. The highest BCUT2D eigenvalue weighted by Crippen LogP contribution is 2.09. The third kappa shape index (κ3) is 13.6. The van der Waals surface area contributed by atoms with Crippen LogP contribution in [0.3, 0.4) is 0 Å². The molecular weight excluding hydrogens is 278 g/mol. The van der Waals surface area contributed by atoms with Crippen LogP contribution in [0.2, 0.25) is 0 Å². The summed E-state index contributed by atoms with van der Waals surface area (Å²) in [6.07, 6.45) is 15.3. The molecule has 0 radical (unpaired) electrons. The van der Waals surface area contributed by atoms with Crippen molar-refractivity contribution in [2.75, 3.05) is 6.54 Å². The second kappa shape index (κ2) is 16.0. The molecule has 5 nitrogen and oxygen atoms in total. The number of imidazole rings is 1. The molecule has 22 heavy (non-hydrogen) atoms. The molecule has 0 bridgehead atoms. The van der Waals surface area contributed by atoms with Gasteiger partial charge < -0.3 is 15.4 Å². The summed E-state index contributed by atoms with van der Waals surface area (Å²) in [4.78, 5) is 17.4. The van der Waals surface area contributed by atoms with E-state index in [0.29, 0.717) is 0 Å². The number of aromatic amines is 1. The van der Waals surface area contributed by atoms with E-state index in [1.165, 1.54) is 32.1 Å². The molecule has 1 aromatic heterocycles. The second-order valence-corrected chi connectivity index (χ2v) is 5.52. The third-order valence-electron chi connectivity index (χ3n) is 3.47. The molecule has 0 aromatic carbocycles. The first kappa shape index (κ1) is 20.6. The van der Waals surface area contributed by atoms with Gasteiger partial charge in [0.1, 0.15) is 6.04 Å². The van der Waals surface area contributed by atoms with Crippen LogP contribution in [-0.2, 0) is 4.79 Å². The lowest BCUT2D eigenvalue weighted by atomic mass is 10.1. The van der Waals surface area contributed by atoms with E-state index in [4.69, 9.17) is 5.11 Å². The molecule has 1 aromatic rings. The minimum Gasteiger partial charge on any atom is -0.480 e. The van der Waals surface area contributed by atoms with Crippen molar-refractivity contribution >= 4 is 5.97 Å². The summed E-state index contributed by atoms with van der Waals surface area (Å²) in [5.74, 6) is -0.699. The Kier molecular flexibility index (Phi) is 15.0. The Bertz CT molecular complexity index is 311.